The fourth-order valence-corrected chi connectivity index (χ4v) is 1.71. The normalized spacial score (nSPS) is 10.1. The lowest BCUT2D eigenvalue weighted by molar-refractivity contribution is 0.0585. The number of carbonyl (C=O) groups is 2. The molecule has 0 saturated heterocycles. The molecule has 0 unspecified atom stereocenters. The van der Waals surface area contributed by atoms with E-state index < -0.39 is 23.6 Å². The molecule has 0 aliphatic rings. The van der Waals surface area contributed by atoms with E-state index in [0.717, 1.165) is 26.4 Å². The molecule has 6 nitrogen and oxygen atoms in total. The third-order valence-electron chi connectivity index (χ3n) is 2.66. The van der Waals surface area contributed by atoms with E-state index in [2.05, 4.69) is 14.5 Å². The van der Waals surface area contributed by atoms with Crippen LogP contribution in [0.2, 0.25) is 0 Å². The van der Waals surface area contributed by atoms with Crippen molar-refractivity contribution in [3.05, 3.63) is 53.4 Å². The topological polar surface area (TPSA) is 74.7 Å². The van der Waals surface area contributed by atoms with Crippen molar-refractivity contribution in [2.75, 3.05) is 14.2 Å². The van der Waals surface area contributed by atoms with Crippen LogP contribution in [0.1, 0.15) is 21.0 Å². The molecule has 8 heteroatoms. The maximum Gasteiger partial charge on any atom is 0.356 e. The Labute approximate surface area is 129 Å². The highest BCUT2D eigenvalue weighted by Crippen LogP contribution is 2.25. The zero-order chi connectivity index (χ0) is 17.0. The minimum atomic E-state index is -0.838. The van der Waals surface area contributed by atoms with Gasteiger partial charge in [0.25, 0.3) is 0 Å². The molecule has 0 amide bonds. The smallest absolute Gasteiger partial charge is 0.356 e. The number of aromatic nitrogens is 1. The largest absolute Gasteiger partial charge is 0.464 e. The van der Waals surface area contributed by atoms with Gasteiger partial charge in [0.15, 0.2) is 11.4 Å². The van der Waals surface area contributed by atoms with Gasteiger partial charge in [0, 0.05) is 30.3 Å². The monoisotopic (exact) mass is 323 g/mol. The highest BCUT2D eigenvalue weighted by Gasteiger charge is 2.17. The van der Waals surface area contributed by atoms with Crippen LogP contribution in [-0.2, 0) is 9.47 Å². The maximum atomic E-state index is 13.2. The Balaban J connectivity index is 2.43. The Kier molecular flexibility index (Phi) is 4.85. The number of pyridine rings is 1. The Morgan fingerprint density at radius 2 is 1.26 bits per heavy atom. The summed E-state index contributed by atoms with van der Waals surface area (Å²) in [5, 5.41) is 0. The van der Waals surface area contributed by atoms with E-state index in [9.17, 15) is 18.4 Å². The summed E-state index contributed by atoms with van der Waals surface area (Å²) in [6.45, 7) is 0. The van der Waals surface area contributed by atoms with Crippen molar-refractivity contribution in [3.8, 4) is 11.5 Å². The SMILES string of the molecule is COC(=O)c1cc(Oc2cc(F)cc(F)c2)cc(C(=O)OC)n1. The van der Waals surface area contributed by atoms with Gasteiger partial charge in [-0.3, -0.25) is 0 Å². The van der Waals surface area contributed by atoms with Gasteiger partial charge in [-0.05, 0) is 0 Å². The van der Waals surface area contributed by atoms with Gasteiger partial charge in [-0.25, -0.2) is 23.4 Å². The molecule has 0 radical (unpaired) electrons. The van der Waals surface area contributed by atoms with Crippen LogP contribution < -0.4 is 4.74 Å². The van der Waals surface area contributed by atoms with Gasteiger partial charge < -0.3 is 14.2 Å². The van der Waals surface area contributed by atoms with Crippen molar-refractivity contribution in [1.82, 2.24) is 4.98 Å². The van der Waals surface area contributed by atoms with Crippen molar-refractivity contribution in [2.45, 2.75) is 0 Å². The van der Waals surface area contributed by atoms with E-state index in [0.29, 0.717) is 6.07 Å². The Hall–Kier alpha value is -3.03. The second kappa shape index (κ2) is 6.82. The third-order valence-corrected chi connectivity index (χ3v) is 2.66. The Morgan fingerprint density at radius 3 is 1.70 bits per heavy atom. The lowest BCUT2D eigenvalue weighted by atomic mass is 10.2. The first kappa shape index (κ1) is 16.3. The number of methoxy groups -OCH3 is 2. The fourth-order valence-electron chi connectivity index (χ4n) is 1.71. The molecule has 120 valence electrons. The average molecular weight is 323 g/mol. The predicted molar refractivity (Wildman–Crippen MR) is 73.3 cm³/mol. The summed E-state index contributed by atoms with van der Waals surface area (Å²) in [5.41, 5.74) is -0.440. The van der Waals surface area contributed by atoms with Crippen LogP contribution in [-0.4, -0.2) is 31.1 Å². The number of hydrogen-bond donors (Lipinski definition) is 0. The molecule has 0 bridgehead atoms. The van der Waals surface area contributed by atoms with Gasteiger partial charge in [0.1, 0.15) is 23.1 Å². The number of ether oxygens (including phenoxy) is 3. The van der Waals surface area contributed by atoms with Crippen molar-refractivity contribution in [2.24, 2.45) is 0 Å². The summed E-state index contributed by atoms with van der Waals surface area (Å²) in [6, 6.07) is 4.90. The van der Waals surface area contributed by atoms with Crippen LogP contribution in [0.3, 0.4) is 0 Å². The summed E-state index contributed by atoms with van der Waals surface area (Å²) >= 11 is 0. The first-order chi connectivity index (χ1) is 10.9. The van der Waals surface area contributed by atoms with E-state index in [-0.39, 0.29) is 22.9 Å². The molecule has 0 fully saturated rings. The molecule has 0 saturated carbocycles. The predicted octanol–water partition coefficient (Wildman–Crippen LogP) is 2.73. The van der Waals surface area contributed by atoms with Crippen LogP contribution in [0.4, 0.5) is 8.78 Å². The third kappa shape index (κ3) is 4.00. The standard InChI is InChI=1S/C15H11F2NO5/c1-21-14(19)12-6-11(7-13(18-12)15(20)22-2)23-10-4-8(16)3-9(17)5-10/h3-7H,1-2H3. The minimum absolute atomic E-state index is 0.0363. The van der Waals surface area contributed by atoms with Gasteiger partial charge in [0.05, 0.1) is 14.2 Å². The number of rotatable bonds is 4. The minimum Gasteiger partial charge on any atom is -0.464 e. The molecule has 0 atom stereocenters. The van der Waals surface area contributed by atoms with Crippen molar-refractivity contribution in [1.29, 1.82) is 0 Å². The van der Waals surface area contributed by atoms with Gasteiger partial charge in [-0.2, -0.15) is 0 Å². The Morgan fingerprint density at radius 1 is 0.826 bits per heavy atom. The van der Waals surface area contributed by atoms with Gasteiger partial charge >= 0.3 is 11.9 Å². The summed E-state index contributed by atoms with van der Waals surface area (Å²) in [5.74, 6) is -3.49. The molecule has 0 spiro atoms. The molecule has 1 heterocycles. The molecule has 0 N–H and O–H groups in total. The van der Waals surface area contributed by atoms with Gasteiger partial charge in [-0.1, -0.05) is 0 Å². The summed E-state index contributed by atoms with van der Waals surface area (Å²) in [7, 11) is 2.27. The summed E-state index contributed by atoms with van der Waals surface area (Å²) in [6.07, 6.45) is 0. The number of carbonyl (C=O) groups excluding carboxylic acids is 2. The molecule has 1 aromatic heterocycles. The van der Waals surface area contributed by atoms with Crippen molar-refractivity contribution >= 4 is 11.9 Å². The number of benzene rings is 1. The molecule has 1 aromatic carbocycles. The second-order valence-corrected chi connectivity index (χ2v) is 4.26. The van der Waals surface area contributed by atoms with Crippen LogP contribution in [0.15, 0.2) is 30.3 Å². The molecule has 0 aliphatic heterocycles. The van der Waals surface area contributed by atoms with E-state index in [1.54, 1.807) is 0 Å². The van der Waals surface area contributed by atoms with Crippen LogP contribution in [0, 0.1) is 11.6 Å². The lowest BCUT2D eigenvalue weighted by Gasteiger charge is -2.09. The van der Waals surface area contributed by atoms with E-state index in [4.69, 9.17) is 4.74 Å². The maximum absolute atomic E-state index is 13.2. The Bertz CT molecular complexity index is 709. The highest BCUT2D eigenvalue weighted by atomic mass is 19.1. The quantitative estimate of drug-likeness (QED) is 0.805. The number of hydrogen-bond acceptors (Lipinski definition) is 6. The molecule has 23 heavy (non-hydrogen) atoms. The zero-order valence-electron chi connectivity index (χ0n) is 12.1. The average Bonchev–Trinajstić information content (AvgIpc) is 2.51. The van der Waals surface area contributed by atoms with E-state index in [1.165, 1.54) is 12.1 Å². The lowest BCUT2D eigenvalue weighted by Crippen LogP contribution is -2.11. The van der Waals surface area contributed by atoms with Crippen LogP contribution >= 0.6 is 0 Å². The van der Waals surface area contributed by atoms with Crippen molar-refractivity contribution < 1.29 is 32.6 Å². The van der Waals surface area contributed by atoms with E-state index in [1.807, 2.05) is 0 Å². The first-order valence-electron chi connectivity index (χ1n) is 6.25. The zero-order valence-corrected chi connectivity index (χ0v) is 12.1. The second-order valence-electron chi connectivity index (χ2n) is 4.26. The van der Waals surface area contributed by atoms with Crippen molar-refractivity contribution in [3.63, 3.8) is 0 Å². The van der Waals surface area contributed by atoms with Crippen LogP contribution in [0.25, 0.3) is 0 Å². The molecule has 0 aliphatic carbocycles. The highest BCUT2D eigenvalue weighted by molar-refractivity contribution is 5.92. The van der Waals surface area contributed by atoms with Gasteiger partial charge in [0.2, 0.25) is 0 Å². The molecular weight excluding hydrogens is 312 g/mol. The first-order valence-corrected chi connectivity index (χ1v) is 6.25. The fraction of sp³-hybridized carbons (Fsp3) is 0.133. The summed E-state index contributed by atoms with van der Waals surface area (Å²) < 4.78 is 40.7. The number of nitrogens with zero attached hydrogens (tertiary/aromatic N) is 1. The van der Waals surface area contributed by atoms with E-state index >= 15 is 0 Å². The molecular formula is C15H11F2NO5. The number of halogens is 2. The van der Waals surface area contributed by atoms with Crippen LogP contribution in [0.5, 0.6) is 11.5 Å². The summed E-state index contributed by atoms with van der Waals surface area (Å²) in [4.78, 5) is 26.9. The van der Waals surface area contributed by atoms with Gasteiger partial charge in [-0.15, -0.1) is 0 Å². The molecule has 2 aromatic rings. The molecule has 2 rings (SSSR count). The number of esters is 2.